The smallest absolute Gasteiger partial charge is 0.337 e. The highest BCUT2D eigenvalue weighted by molar-refractivity contribution is 7.99. The van der Waals surface area contributed by atoms with Crippen LogP contribution in [0.1, 0.15) is 37.0 Å². The van der Waals surface area contributed by atoms with Crippen molar-refractivity contribution in [2.75, 3.05) is 19.5 Å². The maximum absolute atomic E-state index is 12.9. The zero-order chi connectivity index (χ0) is 20.7. The van der Waals surface area contributed by atoms with E-state index >= 15 is 0 Å². The summed E-state index contributed by atoms with van der Waals surface area (Å²) in [6.07, 6.45) is 0.112. The quantitative estimate of drug-likeness (QED) is 0.291. The summed E-state index contributed by atoms with van der Waals surface area (Å²) in [5, 5.41) is 10.5. The van der Waals surface area contributed by atoms with Crippen molar-refractivity contribution in [3.8, 4) is 0 Å². The molecule has 2 rings (SSSR count). The molecule has 0 aliphatic carbocycles. The van der Waals surface area contributed by atoms with Crippen LogP contribution in [0.4, 0.5) is 0 Å². The third kappa shape index (κ3) is 5.56. The zero-order valence-electron chi connectivity index (χ0n) is 16.1. The Kier molecular flexibility index (Phi) is 8.01. The number of carbonyl (C=O) groups is 2. The Morgan fingerprint density at radius 1 is 1.36 bits per heavy atom. The minimum Gasteiger partial charge on any atom is -0.466 e. The van der Waals surface area contributed by atoms with E-state index < -0.39 is 12.1 Å². The van der Waals surface area contributed by atoms with E-state index in [9.17, 15) is 19.5 Å². The number of ether oxygens (including phenoxy) is 2. The van der Waals surface area contributed by atoms with E-state index in [1.165, 1.54) is 41.6 Å². The fraction of sp³-hybridized carbons (Fsp3) is 0.474. The third-order valence-corrected chi connectivity index (χ3v) is 4.91. The second-order valence-corrected chi connectivity index (χ2v) is 7.20. The van der Waals surface area contributed by atoms with Crippen molar-refractivity contribution >= 4 is 34.6 Å². The van der Waals surface area contributed by atoms with Crippen LogP contribution in [0.25, 0.3) is 10.9 Å². The Hall–Kier alpha value is -2.39. The van der Waals surface area contributed by atoms with Gasteiger partial charge in [0, 0.05) is 12.2 Å². The van der Waals surface area contributed by atoms with Crippen LogP contribution in [0.2, 0.25) is 0 Å². The largest absolute Gasteiger partial charge is 0.466 e. The normalized spacial score (nSPS) is 12.0. The van der Waals surface area contributed by atoms with Gasteiger partial charge in [-0.3, -0.25) is 14.2 Å². The van der Waals surface area contributed by atoms with E-state index in [0.29, 0.717) is 40.4 Å². The van der Waals surface area contributed by atoms with Gasteiger partial charge in [0.15, 0.2) is 5.16 Å². The maximum atomic E-state index is 12.9. The van der Waals surface area contributed by atoms with E-state index in [0.717, 1.165) is 0 Å². The van der Waals surface area contributed by atoms with Crippen LogP contribution in [0.15, 0.2) is 28.2 Å². The fourth-order valence-electron chi connectivity index (χ4n) is 2.59. The SMILES string of the molecule is CCOC(=O)CCCSc1nc2cc(C(=O)OC)ccc2c(=O)n1C[C@@H](C)O. The summed E-state index contributed by atoms with van der Waals surface area (Å²) < 4.78 is 11.0. The van der Waals surface area contributed by atoms with Crippen molar-refractivity contribution in [3.05, 3.63) is 34.1 Å². The standard InChI is InChI=1S/C19H24N2O6S/c1-4-27-16(23)6-5-9-28-19-20-15-10-13(18(25)26-3)7-8-14(15)17(24)21(19)11-12(2)22/h7-8,10,12,22H,4-6,9,11H2,1-3H3/t12-/m1/s1. The lowest BCUT2D eigenvalue weighted by Crippen LogP contribution is -2.28. The van der Waals surface area contributed by atoms with E-state index in [4.69, 9.17) is 9.47 Å². The van der Waals surface area contributed by atoms with Crippen LogP contribution in [-0.2, 0) is 20.8 Å². The molecule has 1 atom stereocenters. The molecule has 8 nitrogen and oxygen atoms in total. The molecule has 1 heterocycles. The lowest BCUT2D eigenvalue weighted by atomic mass is 10.1. The highest BCUT2D eigenvalue weighted by Crippen LogP contribution is 2.21. The van der Waals surface area contributed by atoms with E-state index in [1.54, 1.807) is 13.8 Å². The molecule has 0 bridgehead atoms. The number of benzene rings is 1. The van der Waals surface area contributed by atoms with E-state index in [2.05, 4.69) is 4.98 Å². The first-order valence-corrected chi connectivity index (χ1v) is 9.95. The number of carbonyl (C=O) groups excluding carboxylic acids is 2. The number of hydrogen-bond donors (Lipinski definition) is 1. The number of nitrogens with zero attached hydrogens (tertiary/aromatic N) is 2. The third-order valence-electron chi connectivity index (χ3n) is 3.85. The monoisotopic (exact) mass is 408 g/mol. The highest BCUT2D eigenvalue weighted by atomic mass is 32.2. The molecule has 28 heavy (non-hydrogen) atoms. The molecule has 0 unspecified atom stereocenters. The molecule has 0 saturated carbocycles. The van der Waals surface area contributed by atoms with Gasteiger partial charge in [0.25, 0.3) is 5.56 Å². The first-order chi connectivity index (χ1) is 13.4. The second-order valence-electron chi connectivity index (χ2n) is 6.14. The summed E-state index contributed by atoms with van der Waals surface area (Å²) in [7, 11) is 1.28. The van der Waals surface area contributed by atoms with Crippen LogP contribution in [0, 0.1) is 0 Å². The Balaban J connectivity index is 2.33. The molecule has 0 saturated heterocycles. The molecule has 1 aromatic carbocycles. The minimum absolute atomic E-state index is 0.0980. The summed E-state index contributed by atoms with van der Waals surface area (Å²) in [6.45, 7) is 3.78. The molecular weight excluding hydrogens is 384 g/mol. The molecule has 0 fully saturated rings. The van der Waals surface area contributed by atoms with Crippen LogP contribution < -0.4 is 5.56 Å². The van der Waals surface area contributed by atoms with Gasteiger partial charge in [0.2, 0.25) is 0 Å². The van der Waals surface area contributed by atoms with E-state index in [1.807, 2.05) is 0 Å². The number of hydrogen-bond acceptors (Lipinski definition) is 8. The summed E-state index contributed by atoms with van der Waals surface area (Å²) >= 11 is 1.31. The first-order valence-electron chi connectivity index (χ1n) is 8.96. The average Bonchev–Trinajstić information content (AvgIpc) is 2.66. The molecule has 0 spiro atoms. The number of fused-ring (bicyclic) bond motifs is 1. The molecule has 1 N–H and O–H groups in total. The number of aliphatic hydroxyl groups is 1. The van der Waals surface area contributed by atoms with Gasteiger partial charge in [0.05, 0.1) is 42.8 Å². The number of methoxy groups -OCH3 is 1. The van der Waals surface area contributed by atoms with Crippen LogP contribution >= 0.6 is 11.8 Å². The predicted molar refractivity (Wildman–Crippen MR) is 106 cm³/mol. The number of esters is 2. The Morgan fingerprint density at radius 2 is 2.11 bits per heavy atom. The number of aromatic nitrogens is 2. The molecule has 152 valence electrons. The highest BCUT2D eigenvalue weighted by Gasteiger charge is 2.15. The lowest BCUT2D eigenvalue weighted by Gasteiger charge is -2.14. The van der Waals surface area contributed by atoms with Gasteiger partial charge in [0.1, 0.15) is 0 Å². The molecule has 0 amide bonds. The predicted octanol–water partition coefficient (Wildman–Crippen LogP) is 2.00. The van der Waals surface area contributed by atoms with Gasteiger partial charge >= 0.3 is 11.9 Å². The Bertz CT molecular complexity index is 909. The Morgan fingerprint density at radius 3 is 2.75 bits per heavy atom. The molecule has 9 heteroatoms. The summed E-state index contributed by atoms with van der Waals surface area (Å²) in [5.41, 5.74) is 0.381. The molecular formula is C19H24N2O6S. The number of thioether (sulfide) groups is 1. The zero-order valence-corrected chi connectivity index (χ0v) is 17.0. The van der Waals surface area contributed by atoms with Gasteiger partial charge < -0.3 is 14.6 Å². The van der Waals surface area contributed by atoms with Crippen molar-refractivity contribution < 1.29 is 24.2 Å². The molecule has 1 aromatic heterocycles. The van der Waals surface area contributed by atoms with Crippen molar-refractivity contribution in [1.82, 2.24) is 9.55 Å². The van der Waals surface area contributed by atoms with Crippen molar-refractivity contribution in [3.63, 3.8) is 0 Å². The van der Waals surface area contributed by atoms with Gasteiger partial charge in [-0.1, -0.05) is 11.8 Å². The number of rotatable bonds is 9. The molecule has 0 aliphatic rings. The molecule has 0 radical (unpaired) electrons. The van der Waals surface area contributed by atoms with Crippen LogP contribution in [0.5, 0.6) is 0 Å². The summed E-state index contributed by atoms with van der Waals surface area (Å²) in [6, 6.07) is 4.55. The topological polar surface area (TPSA) is 108 Å². The minimum atomic E-state index is -0.731. The van der Waals surface area contributed by atoms with Crippen molar-refractivity contribution in [2.24, 2.45) is 0 Å². The number of aliphatic hydroxyl groups excluding tert-OH is 1. The maximum Gasteiger partial charge on any atom is 0.337 e. The lowest BCUT2D eigenvalue weighted by molar-refractivity contribution is -0.143. The van der Waals surface area contributed by atoms with Gasteiger partial charge in [-0.2, -0.15) is 0 Å². The van der Waals surface area contributed by atoms with Crippen molar-refractivity contribution in [1.29, 1.82) is 0 Å². The molecule has 0 aliphatic heterocycles. The van der Waals surface area contributed by atoms with Crippen LogP contribution in [-0.4, -0.2) is 52.2 Å². The van der Waals surface area contributed by atoms with Gasteiger partial charge in [-0.25, -0.2) is 9.78 Å². The van der Waals surface area contributed by atoms with Gasteiger partial charge in [-0.15, -0.1) is 0 Å². The Labute approximate surface area is 166 Å². The fourth-order valence-corrected chi connectivity index (χ4v) is 3.54. The first kappa shape index (κ1) is 21.9. The summed E-state index contributed by atoms with van der Waals surface area (Å²) in [4.78, 5) is 40.6. The van der Waals surface area contributed by atoms with Gasteiger partial charge in [-0.05, 0) is 38.5 Å². The van der Waals surface area contributed by atoms with Crippen LogP contribution in [0.3, 0.4) is 0 Å². The molecule has 2 aromatic rings. The second kappa shape index (κ2) is 10.2. The van der Waals surface area contributed by atoms with E-state index in [-0.39, 0.29) is 24.5 Å². The van der Waals surface area contributed by atoms with Crippen molar-refractivity contribution in [2.45, 2.75) is 44.5 Å². The summed E-state index contributed by atoms with van der Waals surface area (Å²) in [5.74, 6) is -0.230. The average molecular weight is 408 g/mol.